The Morgan fingerprint density at radius 3 is 2.38 bits per heavy atom. The van der Waals surface area contributed by atoms with Gasteiger partial charge in [0.15, 0.2) is 5.78 Å². The first-order chi connectivity index (χ1) is 7.29. The van der Waals surface area contributed by atoms with Gasteiger partial charge in [0.2, 0.25) is 0 Å². The molecule has 6 heteroatoms. The summed E-state index contributed by atoms with van der Waals surface area (Å²) in [6.07, 6.45) is -4.87. The van der Waals surface area contributed by atoms with Gasteiger partial charge in [-0.05, 0) is 19.1 Å². The zero-order valence-corrected chi connectivity index (χ0v) is 8.09. The molecule has 0 aliphatic heterocycles. The van der Waals surface area contributed by atoms with E-state index < -0.39 is 28.8 Å². The predicted molar refractivity (Wildman–Crippen MR) is 47.8 cm³/mol. The first-order valence-electron chi connectivity index (χ1n) is 4.13. The van der Waals surface area contributed by atoms with Gasteiger partial charge in [-0.2, -0.15) is 18.4 Å². The number of halogens is 3. The van der Waals surface area contributed by atoms with Crippen molar-refractivity contribution in [1.82, 2.24) is 0 Å². The summed E-state index contributed by atoms with van der Waals surface area (Å²) in [4.78, 5) is 11.0. The molecule has 16 heavy (non-hydrogen) atoms. The maximum Gasteiger partial charge on any atom is 0.421 e. The number of ketones is 1. The van der Waals surface area contributed by atoms with E-state index in [1.807, 2.05) is 0 Å². The van der Waals surface area contributed by atoms with E-state index in [1.165, 1.54) is 6.07 Å². The first kappa shape index (κ1) is 12.0. The molecule has 0 radical (unpaired) electrons. The fourth-order valence-electron chi connectivity index (χ4n) is 1.29. The van der Waals surface area contributed by atoms with E-state index in [1.54, 1.807) is 0 Å². The molecule has 1 rings (SSSR count). The average molecular weight is 229 g/mol. The van der Waals surface area contributed by atoms with Crippen LogP contribution in [0, 0.1) is 11.3 Å². The minimum Gasteiger partial charge on any atom is -0.507 e. The van der Waals surface area contributed by atoms with E-state index in [0.29, 0.717) is 0 Å². The van der Waals surface area contributed by atoms with Gasteiger partial charge in [-0.3, -0.25) is 4.79 Å². The number of phenolic OH excluding ortho intramolecular Hbond substituents is 1. The summed E-state index contributed by atoms with van der Waals surface area (Å²) in [6, 6.07) is 3.03. The summed E-state index contributed by atoms with van der Waals surface area (Å²) in [6.45, 7) is 1.05. The zero-order valence-electron chi connectivity index (χ0n) is 8.09. The van der Waals surface area contributed by atoms with Gasteiger partial charge in [-0.25, -0.2) is 0 Å². The summed E-state index contributed by atoms with van der Waals surface area (Å²) in [5.74, 6) is -1.73. The molecule has 84 valence electrons. The Kier molecular flexibility index (Phi) is 2.90. The Morgan fingerprint density at radius 2 is 2.00 bits per heavy atom. The van der Waals surface area contributed by atoms with E-state index in [-0.39, 0.29) is 5.56 Å². The Labute approximate surface area is 88.7 Å². The molecule has 0 amide bonds. The smallest absolute Gasteiger partial charge is 0.421 e. The van der Waals surface area contributed by atoms with Crippen LogP contribution in [0.25, 0.3) is 0 Å². The molecule has 0 saturated heterocycles. The van der Waals surface area contributed by atoms with E-state index >= 15 is 0 Å². The van der Waals surface area contributed by atoms with Crippen LogP contribution in [0.15, 0.2) is 12.1 Å². The number of Topliss-reactive ketones (excluding diaryl/α,β-unsaturated/α-hetero) is 1. The lowest BCUT2D eigenvalue weighted by molar-refractivity contribution is -0.139. The van der Waals surface area contributed by atoms with Crippen LogP contribution in [0.4, 0.5) is 13.2 Å². The molecule has 1 N–H and O–H groups in total. The van der Waals surface area contributed by atoms with Gasteiger partial charge in [0.1, 0.15) is 17.4 Å². The highest BCUT2D eigenvalue weighted by atomic mass is 19.4. The van der Waals surface area contributed by atoms with Crippen molar-refractivity contribution in [3.8, 4) is 11.8 Å². The number of alkyl halides is 3. The SMILES string of the molecule is CC(=O)c1ccc(O)c(C(F)(F)F)c1C#N. The molecule has 1 aromatic carbocycles. The maximum absolute atomic E-state index is 12.5. The highest BCUT2D eigenvalue weighted by Gasteiger charge is 2.38. The van der Waals surface area contributed by atoms with Gasteiger partial charge >= 0.3 is 6.18 Å². The van der Waals surface area contributed by atoms with Gasteiger partial charge in [0.25, 0.3) is 0 Å². The number of benzene rings is 1. The number of nitriles is 1. The fraction of sp³-hybridized carbons (Fsp3) is 0.200. The van der Waals surface area contributed by atoms with E-state index in [0.717, 1.165) is 19.1 Å². The van der Waals surface area contributed by atoms with Crippen LogP contribution in [0.3, 0.4) is 0 Å². The van der Waals surface area contributed by atoms with Crippen molar-refractivity contribution in [3.63, 3.8) is 0 Å². The number of hydrogen-bond acceptors (Lipinski definition) is 3. The van der Waals surface area contributed by atoms with Crippen LogP contribution >= 0.6 is 0 Å². The second-order valence-electron chi connectivity index (χ2n) is 3.05. The third-order valence-corrected chi connectivity index (χ3v) is 1.96. The molecule has 0 spiro atoms. The standard InChI is InChI=1S/C10H6F3NO2/c1-5(15)6-2-3-8(16)9(7(6)4-14)10(11,12)13/h2-3,16H,1H3. The van der Waals surface area contributed by atoms with E-state index in [4.69, 9.17) is 10.4 Å². The first-order valence-corrected chi connectivity index (χ1v) is 4.13. The molecule has 0 heterocycles. The zero-order chi connectivity index (χ0) is 12.5. The number of rotatable bonds is 1. The van der Waals surface area contributed by atoms with E-state index in [9.17, 15) is 18.0 Å². The number of carbonyl (C=O) groups is 1. The lowest BCUT2D eigenvalue weighted by Crippen LogP contribution is -2.11. The maximum atomic E-state index is 12.5. The van der Waals surface area contributed by atoms with Crippen molar-refractivity contribution >= 4 is 5.78 Å². The molecular weight excluding hydrogens is 223 g/mol. The Bertz CT molecular complexity index is 486. The topological polar surface area (TPSA) is 61.1 Å². The van der Waals surface area contributed by atoms with Crippen molar-refractivity contribution in [2.45, 2.75) is 13.1 Å². The normalized spacial score (nSPS) is 10.9. The molecule has 0 aliphatic rings. The molecule has 0 atom stereocenters. The number of carbonyl (C=O) groups excluding carboxylic acids is 1. The van der Waals surface area contributed by atoms with Crippen LogP contribution in [-0.2, 0) is 6.18 Å². The lowest BCUT2D eigenvalue weighted by Gasteiger charge is -2.12. The fourth-order valence-corrected chi connectivity index (χ4v) is 1.29. The molecule has 0 aromatic heterocycles. The van der Waals surface area contributed by atoms with Crippen molar-refractivity contribution in [2.24, 2.45) is 0 Å². The van der Waals surface area contributed by atoms with Crippen LogP contribution < -0.4 is 0 Å². The third kappa shape index (κ3) is 1.98. The molecule has 0 bridgehead atoms. The highest BCUT2D eigenvalue weighted by molar-refractivity contribution is 5.97. The van der Waals surface area contributed by atoms with Gasteiger partial charge in [-0.1, -0.05) is 0 Å². The van der Waals surface area contributed by atoms with E-state index in [2.05, 4.69) is 0 Å². The number of phenols is 1. The molecule has 0 fully saturated rings. The monoisotopic (exact) mass is 229 g/mol. The average Bonchev–Trinajstić information content (AvgIpc) is 2.14. The van der Waals surface area contributed by atoms with Crippen molar-refractivity contribution in [1.29, 1.82) is 5.26 Å². The van der Waals surface area contributed by atoms with Crippen molar-refractivity contribution < 1.29 is 23.1 Å². The van der Waals surface area contributed by atoms with Crippen molar-refractivity contribution in [3.05, 3.63) is 28.8 Å². The molecule has 0 unspecified atom stereocenters. The van der Waals surface area contributed by atoms with Gasteiger partial charge in [0.05, 0.1) is 5.56 Å². The molecule has 0 saturated carbocycles. The summed E-state index contributed by atoms with van der Waals surface area (Å²) < 4.78 is 37.6. The molecule has 1 aromatic rings. The third-order valence-electron chi connectivity index (χ3n) is 1.96. The molecule has 3 nitrogen and oxygen atoms in total. The Hall–Kier alpha value is -2.03. The van der Waals surface area contributed by atoms with Gasteiger partial charge < -0.3 is 5.11 Å². The summed E-state index contributed by atoms with van der Waals surface area (Å²) in [7, 11) is 0. The molecular formula is C10H6F3NO2. The summed E-state index contributed by atoms with van der Waals surface area (Å²) in [5, 5.41) is 17.7. The van der Waals surface area contributed by atoms with Crippen LogP contribution in [0.2, 0.25) is 0 Å². The Morgan fingerprint density at radius 1 is 1.44 bits per heavy atom. The van der Waals surface area contributed by atoms with Gasteiger partial charge in [-0.15, -0.1) is 0 Å². The minimum absolute atomic E-state index is 0.354. The lowest BCUT2D eigenvalue weighted by atomic mass is 9.98. The minimum atomic E-state index is -4.87. The second-order valence-corrected chi connectivity index (χ2v) is 3.05. The van der Waals surface area contributed by atoms with Crippen LogP contribution in [0.5, 0.6) is 5.75 Å². The second kappa shape index (κ2) is 3.85. The quantitative estimate of drug-likeness (QED) is 0.752. The van der Waals surface area contributed by atoms with Gasteiger partial charge in [0, 0.05) is 5.56 Å². The number of nitrogens with zero attached hydrogens (tertiary/aromatic N) is 1. The van der Waals surface area contributed by atoms with Crippen molar-refractivity contribution in [2.75, 3.05) is 0 Å². The number of hydrogen-bond donors (Lipinski definition) is 1. The summed E-state index contributed by atoms with van der Waals surface area (Å²) in [5.41, 5.74) is -2.67. The van der Waals surface area contributed by atoms with Crippen LogP contribution in [-0.4, -0.2) is 10.9 Å². The Balaban J connectivity index is 3.66. The number of aromatic hydroxyl groups is 1. The predicted octanol–water partition coefficient (Wildman–Crippen LogP) is 2.49. The largest absolute Gasteiger partial charge is 0.507 e. The summed E-state index contributed by atoms with van der Waals surface area (Å²) >= 11 is 0. The highest BCUT2D eigenvalue weighted by Crippen LogP contribution is 2.39. The molecule has 0 aliphatic carbocycles. The van der Waals surface area contributed by atoms with Crippen LogP contribution in [0.1, 0.15) is 28.4 Å².